The van der Waals surface area contributed by atoms with Gasteiger partial charge in [-0.05, 0) is 45.2 Å². The number of nitrogens with zero attached hydrogens (tertiary/aromatic N) is 4. The summed E-state index contributed by atoms with van der Waals surface area (Å²) >= 11 is 0. The summed E-state index contributed by atoms with van der Waals surface area (Å²) in [5.74, 6) is 2.42. The minimum absolute atomic E-state index is 0.247. The predicted octanol–water partition coefficient (Wildman–Crippen LogP) is 1.68. The second-order valence-electron chi connectivity index (χ2n) is 5.29. The SMILES string of the molecule is Cc1cc(-n2nc(C)nc2C)cc(C2C[C@@H]2CO)n1. The van der Waals surface area contributed by atoms with Crippen molar-refractivity contribution < 1.29 is 5.11 Å². The van der Waals surface area contributed by atoms with Crippen LogP contribution in [-0.4, -0.2) is 31.5 Å². The van der Waals surface area contributed by atoms with Crippen LogP contribution < -0.4 is 0 Å². The maximum absolute atomic E-state index is 9.19. The van der Waals surface area contributed by atoms with E-state index in [2.05, 4.69) is 21.1 Å². The van der Waals surface area contributed by atoms with E-state index in [9.17, 15) is 5.11 Å². The average molecular weight is 258 g/mol. The van der Waals surface area contributed by atoms with Crippen LogP contribution >= 0.6 is 0 Å². The molecule has 5 nitrogen and oxygen atoms in total. The van der Waals surface area contributed by atoms with Gasteiger partial charge in [-0.3, -0.25) is 4.98 Å². The van der Waals surface area contributed by atoms with Crippen LogP contribution in [0.5, 0.6) is 0 Å². The molecular weight excluding hydrogens is 240 g/mol. The van der Waals surface area contributed by atoms with Crippen LogP contribution in [0.15, 0.2) is 12.1 Å². The van der Waals surface area contributed by atoms with Crippen molar-refractivity contribution in [2.45, 2.75) is 33.1 Å². The van der Waals surface area contributed by atoms with Gasteiger partial charge < -0.3 is 5.11 Å². The van der Waals surface area contributed by atoms with Crippen LogP contribution in [0, 0.1) is 26.7 Å². The van der Waals surface area contributed by atoms with E-state index in [0.29, 0.717) is 11.8 Å². The first kappa shape index (κ1) is 12.3. The minimum Gasteiger partial charge on any atom is -0.396 e. The van der Waals surface area contributed by atoms with E-state index in [0.717, 1.165) is 35.1 Å². The van der Waals surface area contributed by atoms with Crippen molar-refractivity contribution in [3.63, 3.8) is 0 Å². The van der Waals surface area contributed by atoms with Crippen molar-refractivity contribution in [3.8, 4) is 5.69 Å². The Morgan fingerprint density at radius 1 is 1.26 bits per heavy atom. The van der Waals surface area contributed by atoms with Gasteiger partial charge in [0.25, 0.3) is 0 Å². The molecule has 0 amide bonds. The Balaban J connectivity index is 2.01. The molecular formula is C14H18N4O. The zero-order valence-electron chi connectivity index (χ0n) is 11.5. The topological polar surface area (TPSA) is 63.8 Å². The highest BCUT2D eigenvalue weighted by Gasteiger charge is 2.39. The Hall–Kier alpha value is -1.75. The molecule has 0 aromatic carbocycles. The number of hydrogen-bond acceptors (Lipinski definition) is 4. The van der Waals surface area contributed by atoms with Crippen LogP contribution in [0.2, 0.25) is 0 Å². The Morgan fingerprint density at radius 2 is 2.05 bits per heavy atom. The van der Waals surface area contributed by atoms with Gasteiger partial charge in [0.1, 0.15) is 11.6 Å². The summed E-state index contributed by atoms with van der Waals surface area (Å²) in [4.78, 5) is 8.91. The summed E-state index contributed by atoms with van der Waals surface area (Å²) in [6, 6.07) is 4.08. The molecule has 0 radical (unpaired) electrons. The fourth-order valence-electron chi connectivity index (χ4n) is 2.56. The first-order chi connectivity index (χ1) is 9.08. The highest BCUT2D eigenvalue weighted by Crippen LogP contribution is 2.46. The molecule has 100 valence electrons. The average Bonchev–Trinajstić information content (AvgIpc) is 3.07. The predicted molar refractivity (Wildman–Crippen MR) is 71.3 cm³/mol. The Morgan fingerprint density at radius 3 is 2.63 bits per heavy atom. The Bertz CT molecular complexity index is 620. The zero-order valence-corrected chi connectivity index (χ0v) is 11.5. The molecule has 1 aliphatic rings. The van der Waals surface area contributed by atoms with Crippen LogP contribution in [0.25, 0.3) is 5.69 Å². The largest absolute Gasteiger partial charge is 0.396 e. The molecule has 5 heteroatoms. The lowest BCUT2D eigenvalue weighted by Crippen LogP contribution is -2.03. The van der Waals surface area contributed by atoms with Gasteiger partial charge in [-0.15, -0.1) is 0 Å². The molecule has 3 rings (SSSR count). The fraction of sp³-hybridized carbons (Fsp3) is 0.500. The van der Waals surface area contributed by atoms with Gasteiger partial charge in [0, 0.05) is 23.9 Å². The number of rotatable bonds is 3. The summed E-state index contributed by atoms with van der Waals surface area (Å²) in [7, 11) is 0. The minimum atomic E-state index is 0.247. The molecule has 2 heterocycles. The van der Waals surface area contributed by atoms with Crippen LogP contribution in [0.1, 0.15) is 35.4 Å². The molecule has 1 aliphatic carbocycles. The van der Waals surface area contributed by atoms with Crippen molar-refractivity contribution in [2.24, 2.45) is 5.92 Å². The summed E-state index contributed by atoms with van der Waals surface area (Å²) in [5.41, 5.74) is 3.04. The maximum atomic E-state index is 9.19. The van der Waals surface area contributed by atoms with E-state index < -0.39 is 0 Å². The Labute approximate surface area is 112 Å². The van der Waals surface area contributed by atoms with E-state index in [4.69, 9.17) is 0 Å². The van der Waals surface area contributed by atoms with E-state index in [-0.39, 0.29) is 6.61 Å². The molecule has 1 saturated carbocycles. The lowest BCUT2D eigenvalue weighted by Gasteiger charge is -2.07. The van der Waals surface area contributed by atoms with E-state index in [1.54, 1.807) is 0 Å². The van der Waals surface area contributed by atoms with Gasteiger partial charge in [0.05, 0.1) is 5.69 Å². The van der Waals surface area contributed by atoms with Gasteiger partial charge in [-0.2, -0.15) is 5.10 Å². The number of aliphatic hydroxyl groups excluding tert-OH is 1. The van der Waals surface area contributed by atoms with Crippen molar-refractivity contribution in [1.29, 1.82) is 0 Å². The second kappa shape index (κ2) is 4.42. The van der Waals surface area contributed by atoms with Crippen molar-refractivity contribution in [2.75, 3.05) is 6.61 Å². The lowest BCUT2D eigenvalue weighted by molar-refractivity contribution is 0.273. The van der Waals surface area contributed by atoms with Gasteiger partial charge in [0.2, 0.25) is 0 Å². The highest BCUT2D eigenvalue weighted by atomic mass is 16.3. The third-order valence-electron chi connectivity index (χ3n) is 3.61. The normalized spacial score (nSPS) is 21.7. The van der Waals surface area contributed by atoms with Crippen LogP contribution in [0.3, 0.4) is 0 Å². The smallest absolute Gasteiger partial charge is 0.148 e. The lowest BCUT2D eigenvalue weighted by atomic mass is 10.2. The number of aliphatic hydroxyl groups is 1. The van der Waals surface area contributed by atoms with E-state index >= 15 is 0 Å². The van der Waals surface area contributed by atoms with E-state index in [1.807, 2.05) is 31.5 Å². The summed E-state index contributed by atoms with van der Waals surface area (Å²) in [6.45, 7) is 6.07. The molecule has 0 spiro atoms. The van der Waals surface area contributed by atoms with Crippen molar-refractivity contribution >= 4 is 0 Å². The summed E-state index contributed by atoms with van der Waals surface area (Å²) in [5, 5.41) is 13.6. The van der Waals surface area contributed by atoms with Crippen LogP contribution in [-0.2, 0) is 0 Å². The van der Waals surface area contributed by atoms with E-state index in [1.165, 1.54) is 0 Å². The van der Waals surface area contributed by atoms with Crippen LogP contribution in [0.4, 0.5) is 0 Å². The molecule has 0 aliphatic heterocycles. The summed E-state index contributed by atoms with van der Waals surface area (Å²) < 4.78 is 1.85. The molecule has 2 aromatic rings. The molecule has 1 fully saturated rings. The molecule has 2 atom stereocenters. The number of aromatic nitrogens is 4. The number of pyridine rings is 1. The van der Waals surface area contributed by atoms with Gasteiger partial charge in [-0.25, -0.2) is 9.67 Å². The monoisotopic (exact) mass is 258 g/mol. The number of hydrogen-bond donors (Lipinski definition) is 1. The van der Waals surface area contributed by atoms with Crippen molar-refractivity contribution in [3.05, 3.63) is 35.2 Å². The fourth-order valence-corrected chi connectivity index (χ4v) is 2.56. The Kier molecular flexibility index (Phi) is 2.86. The standard InChI is InChI=1S/C14H18N4O/c1-8-4-12(18-10(3)16-9(2)17-18)6-14(15-8)13-5-11(13)7-19/h4,6,11,13,19H,5,7H2,1-3H3/t11-,13?/m1/s1. The first-order valence-corrected chi connectivity index (χ1v) is 6.58. The molecule has 19 heavy (non-hydrogen) atoms. The first-order valence-electron chi connectivity index (χ1n) is 6.58. The quantitative estimate of drug-likeness (QED) is 0.909. The maximum Gasteiger partial charge on any atom is 0.148 e. The van der Waals surface area contributed by atoms with Gasteiger partial charge >= 0.3 is 0 Å². The molecule has 0 bridgehead atoms. The third-order valence-corrected chi connectivity index (χ3v) is 3.61. The number of aryl methyl sites for hydroxylation is 3. The molecule has 1 N–H and O–H groups in total. The summed E-state index contributed by atoms with van der Waals surface area (Å²) in [6.07, 6.45) is 1.03. The molecule has 2 aromatic heterocycles. The molecule has 1 unspecified atom stereocenters. The highest BCUT2D eigenvalue weighted by molar-refractivity contribution is 5.37. The van der Waals surface area contributed by atoms with Crippen molar-refractivity contribution in [1.82, 2.24) is 19.7 Å². The zero-order chi connectivity index (χ0) is 13.6. The second-order valence-corrected chi connectivity index (χ2v) is 5.29. The molecule has 0 saturated heterocycles. The third kappa shape index (κ3) is 2.26. The van der Waals surface area contributed by atoms with Gasteiger partial charge in [0.15, 0.2) is 0 Å². The van der Waals surface area contributed by atoms with Gasteiger partial charge in [-0.1, -0.05) is 0 Å².